The summed E-state index contributed by atoms with van der Waals surface area (Å²) in [5, 5.41) is 9.72. The lowest BCUT2D eigenvalue weighted by molar-refractivity contribution is -0.792. The lowest BCUT2D eigenvalue weighted by Gasteiger charge is -2.29. The molecule has 1 heterocycles. The summed E-state index contributed by atoms with van der Waals surface area (Å²) in [6.07, 6.45) is -1.14. The summed E-state index contributed by atoms with van der Waals surface area (Å²) in [4.78, 5) is 50.3. The van der Waals surface area contributed by atoms with E-state index in [9.17, 15) is 24.3 Å². The van der Waals surface area contributed by atoms with Gasteiger partial charge in [-0.25, -0.2) is 9.59 Å². The number of ketones is 1. The van der Waals surface area contributed by atoms with Crippen molar-refractivity contribution in [1.29, 1.82) is 0 Å². The van der Waals surface area contributed by atoms with Gasteiger partial charge in [-0.15, -0.1) is 0 Å². The summed E-state index contributed by atoms with van der Waals surface area (Å²) in [6, 6.07) is 17.2. The van der Waals surface area contributed by atoms with Crippen molar-refractivity contribution in [3.8, 4) is 0 Å². The number of ether oxygens (including phenoxy) is 1. The van der Waals surface area contributed by atoms with Crippen LogP contribution in [-0.2, 0) is 20.7 Å². The van der Waals surface area contributed by atoms with Crippen molar-refractivity contribution in [2.24, 2.45) is 0 Å². The van der Waals surface area contributed by atoms with Crippen LogP contribution in [0, 0.1) is 0 Å². The average Bonchev–Trinajstić information content (AvgIpc) is 3.20. The SMILES string of the molecule is C[C@@H]1CCC[N+]1(C(=O)O)C(=O)CCC(=O)[C@H](Cc1ccccc1)OC(=O)c1ccccc1. The van der Waals surface area contributed by atoms with E-state index in [1.165, 1.54) is 0 Å². The first-order valence-electron chi connectivity index (χ1n) is 10.8. The zero-order chi connectivity index (χ0) is 23.1. The van der Waals surface area contributed by atoms with Crippen molar-refractivity contribution in [3.05, 3.63) is 71.8 Å². The van der Waals surface area contributed by atoms with Crippen LogP contribution in [0.3, 0.4) is 0 Å². The standard InChI is InChI=1S/C25H27NO6/c1-18-9-8-16-26(18,25(30)31)23(28)15-14-21(27)22(17-19-10-4-2-5-11-19)32-24(29)20-12-6-3-7-13-20/h2-7,10-13,18,22H,8-9,14-17H2,1H3/p+1/t18-,22+,26?/m1/s1. The second kappa shape index (κ2) is 10.3. The summed E-state index contributed by atoms with van der Waals surface area (Å²) in [7, 11) is 0. The maximum atomic E-state index is 13.0. The Morgan fingerprint density at radius 3 is 2.19 bits per heavy atom. The largest absolute Gasteiger partial charge is 0.521 e. The third-order valence-electron chi connectivity index (χ3n) is 6.14. The molecule has 32 heavy (non-hydrogen) atoms. The molecular weight excluding hydrogens is 410 g/mol. The van der Waals surface area contributed by atoms with Crippen LogP contribution in [0.15, 0.2) is 60.7 Å². The molecule has 1 aliphatic rings. The molecule has 7 heteroatoms. The molecule has 3 atom stereocenters. The van der Waals surface area contributed by atoms with Gasteiger partial charge in [-0.1, -0.05) is 48.5 Å². The van der Waals surface area contributed by atoms with Crippen LogP contribution in [0.2, 0.25) is 0 Å². The fourth-order valence-corrected chi connectivity index (χ4v) is 4.25. The zero-order valence-electron chi connectivity index (χ0n) is 18.1. The van der Waals surface area contributed by atoms with E-state index >= 15 is 0 Å². The molecule has 7 nitrogen and oxygen atoms in total. The molecule has 168 valence electrons. The first kappa shape index (κ1) is 23.3. The number of rotatable bonds is 8. The minimum Gasteiger partial charge on any atom is -0.450 e. The maximum absolute atomic E-state index is 13.0. The number of imide groups is 1. The predicted octanol–water partition coefficient (Wildman–Crippen LogP) is 4.01. The van der Waals surface area contributed by atoms with Gasteiger partial charge < -0.3 is 9.84 Å². The minimum atomic E-state index is -1.18. The van der Waals surface area contributed by atoms with E-state index < -0.39 is 34.3 Å². The number of likely N-dealkylation sites (tertiary alicyclic amines) is 1. The Balaban J connectivity index is 1.72. The number of carbonyl (C=O) groups excluding carboxylic acids is 3. The Labute approximate surface area is 187 Å². The molecule has 1 aliphatic heterocycles. The maximum Gasteiger partial charge on any atom is 0.521 e. The zero-order valence-corrected chi connectivity index (χ0v) is 18.1. The monoisotopic (exact) mass is 438 g/mol. The second-order valence-electron chi connectivity index (χ2n) is 8.18. The van der Waals surface area contributed by atoms with Crippen molar-refractivity contribution in [3.63, 3.8) is 0 Å². The van der Waals surface area contributed by atoms with Crippen molar-refractivity contribution >= 4 is 23.8 Å². The highest BCUT2D eigenvalue weighted by Gasteiger charge is 2.52. The molecule has 2 aromatic carbocycles. The Bertz CT molecular complexity index is 974. The lowest BCUT2D eigenvalue weighted by Crippen LogP contribution is -2.58. The summed E-state index contributed by atoms with van der Waals surface area (Å²) in [5.41, 5.74) is 1.15. The van der Waals surface area contributed by atoms with Gasteiger partial charge in [0.05, 0.1) is 18.5 Å². The van der Waals surface area contributed by atoms with Crippen LogP contribution >= 0.6 is 0 Å². The van der Waals surface area contributed by atoms with Gasteiger partial charge in [0.1, 0.15) is 6.04 Å². The highest BCUT2D eigenvalue weighted by Crippen LogP contribution is 2.29. The Hall–Kier alpha value is -3.32. The molecule has 1 unspecified atom stereocenters. The number of carboxylic acid groups (broad SMARTS) is 1. The van der Waals surface area contributed by atoms with Gasteiger partial charge in [0, 0.05) is 25.7 Å². The van der Waals surface area contributed by atoms with E-state index in [0.717, 1.165) is 5.56 Å². The van der Waals surface area contributed by atoms with Crippen LogP contribution in [0.25, 0.3) is 0 Å². The molecule has 0 aromatic heterocycles. The molecular formula is C25H28NO6+. The molecule has 1 saturated heterocycles. The first-order chi connectivity index (χ1) is 15.3. The Morgan fingerprint density at radius 1 is 1.00 bits per heavy atom. The highest BCUT2D eigenvalue weighted by molar-refractivity contribution is 5.94. The highest BCUT2D eigenvalue weighted by atomic mass is 16.5. The van der Waals surface area contributed by atoms with Gasteiger partial charge in [0.2, 0.25) is 0 Å². The number of hydrogen-bond acceptors (Lipinski definition) is 5. The molecule has 0 spiro atoms. The fourth-order valence-electron chi connectivity index (χ4n) is 4.25. The van der Waals surface area contributed by atoms with Crippen molar-refractivity contribution < 1.29 is 33.5 Å². The number of Topliss-reactive ketones (excluding diaryl/α,β-unsaturated/α-hetero) is 1. The van der Waals surface area contributed by atoms with E-state index in [1.54, 1.807) is 37.3 Å². The summed E-state index contributed by atoms with van der Waals surface area (Å²) >= 11 is 0. The van der Waals surface area contributed by atoms with Gasteiger partial charge in [0.25, 0.3) is 0 Å². The number of esters is 1. The Kier molecular flexibility index (Phi) is 7.53. The fraction of sp³-hybridized carbons (Fsp3) is 0.360. The average molecular weight is 439 g/mol. The summed E-state index contributed by atoms with van der Waals surface area (Å²) < 4.78 is 4.89. The van der Waals surface area contributed by atoms with Gasteiger partial charge in [-0.3, -0.25) is 4.79 Å². The molecule has 3 rings (SSSR count). The second-order valence-corrected chi connectivity index (χ2v) is 8.18. The van der Waals surface area contributed by atoms with E-state index in [0.29, 0.717) is 18.4 Å². The molecule has 1 N–H and O–H groups in total. The van der Waals surface area contributed by atoms with Crippen LogP contribution < -0.4 is 0 Å². The number of nitrogens with zero attached hydrogens (tertiary/aromatic N) is 1. The molecule has 0 aliphatic carbocycles. The van der Waals surface area contributed by atoms with Crippen LogP contribution in [0.1, 0.15) is 48.5 Å². The number of quaternary nitrogens is 1. The van der Waals surface area contributed by atoms with Gasteiger partial charge >= 0.3 is 18.0 Å². The molecule has 1 fully saturated rings. The molecule has 0 bridgehead atoms. The third-order valence-corrected chi connectivity index (χ3v) is 6.14. The van der Waals surface area contributed by atoms with Crippen molar-refractivity contribution in [1.82, 2.24) is 0 Å². The Morgan fingerprint density at radius 2 is 1.62 bits per heavy atom. The third kappa shape index (κ3) is 5.11. The van der Waals surface area contributed by atoms with Gasteiger partial charge in [0.15, 0.2) is 11.9 Å². The van der Waals surface area contributed by atoms with Crippen LogP contribution in [0.5, 0.6) is 0 Å². The molecule has 2 amide bonds. The smallest absolute Gasteiger partial charge is 0.450 e. The molecule has 0 saturated carbocycles. The summed E-state index contributed by atoms with van der Waals surface area (Å²) in [5.74, 6) is -1.50. The number of carbonyl (C=O) groups is 4. The van der Waals surface area contributed by atoms with Crippen LogP contribution in [-0.4, -0.2) is 52.0 Å². The molecule has 0 radical (unpaired) electrons. The van der Waals surface area contributed by atoms with Crippen molar-refractivity contribution in [2.75, 3.05) is 6.54 Å². The number of benzene rings is 2. The topological polar surface area (TPSA) is 97.7 Å². The van der Waals surface area contributed by atoms with Gasteiger partial charge in [-0.2, -0.15) is 9.28 Å². The first-order valence-corrected chi connectivity index (χ1v) is 10.8. The number of hydrogen-bond donors (Lipinski definition) is 1. The quantitative estimate of drug-likeness (QED) is 0.494. The lowest BCUT2D eigenvalue weighted by atomic mass is 10.0. The normalized spacial score (nSPS) is 21.0. The minimum absolute atomic E-state index is 0.182. The van der Waals surface area contributed by atoms with E-state index in [-0.39, 0.29) is 31.8 Å². The van der Waals surface area contributed by atoms with E-state index in [1.807, 2.05) is 30.3 Å². The van der Waals surface area contributed by atoms with Crippen molar-refractivity contribution in [2.45, 2.75) is 51.2 Å². The van der Waals surface area contributed by atoms with E-state index in [4.69, 9.17) is 4.74 Å². The van der Waals surface area contributed by atoms with Gasteiger partial charge in [-0.05, 0) is 24.6 Å². The van der Waals surface area contributed by atoms with Crippen LogP contribution in [0.4, 0.5) is 4.79 Å². The predicted molar refractivity (Wildman–Crippen MR) is 117 cm³/mol. The number of amides is 2. The summed E-state index contributed by atoms with van der Waals surface area (Å²) in [6.45, 7) is 1.99. The molecule has 2 aromatic rings. The van der Waals surface area contributed by atoms with E-state index in [2.05, 4.69) is 0 Å².